The molecule has 24 heavy (non-hydrogen) atoms. The number of hydrogen-bond donors (Lipinski definition) is 0. The molecule has 1 heterocycles. The molecule has 2 nitrogen and oxygen atoms in total. The summed E-state index contributed by atoms with van der Waals surface area (Å²) in [5.74, 6) is 0.146. The molecule has 0 aliphatic rings. The van der Waals surface area contributed by atoms with Gasteiger partial charge in [0.15, 0.2) is 6.29 Å². The molecule has 0 unspecified atom stereocenters. The predicted octanol–water partition coefficient (Wildman–Crippen LogP) is 5.90. The summed E-state index contributed by atoms with van der Waals surface area (Å²) in [6.07, 6.45) is 2.73. The number of pyridine rings is 1. The zero-order chi connectivity index (χ0) is 17.9. The van der Waals surface area contributed by atoms with Crippen molar-refractivity contribution in [3.8, 4) is 11.1 Å². The highest BCUT2D eigenvalue weighted by Gasteiger charge is 2.22. The van der Waals surface area contributed by atoms with Gasteiger partial charge in [0.05, 0.1) is 5.69 Å². The van der Waals surface area contributed by atoms with Gasteiger partial charge in [0.2, 0.25) is 0 Å². The number of carbonyl (C=O) groups excluding carboxylic acids is 1. The van der Waals surface area contributed by atoms with Gasteiger partial charge in [0, 0.05) is 11.3 Å². The van der Waals surface area contributed by atoms with Crippen LogP contribution in [0.4, 0.5) is 4.39 Å². The van der Waals surface area contributed by atoms with Gasteiger partial charge in [-0.1, -0.05) is 53.2 Å². The maximum Gasteiger partial charge on any atom is 0.152 e. The molecule has 1 aromatic carbocycles. The fourth-order valence-electron chi connectivity index (χ4n) is 3.16. The summed E-state index contributed by atoms with van der Waals surface area (Å²) in [6.45, 7) is 10.5. The van der Waals surface area contributed by atoms with Crippen molar-refractivity contribution >= 4 is 6.29 Å². The van der Waals surface area contributed by atoms with Crippen LogP contribution < -0.4 is 0 Å². The molecule has 0 atom stereocenters. The molecule has 0 saturated carbocycles. The maximum absolute atomic E-state index is 13.4. The molecule has 0 aliphatic heterocycles. The fourth-order valence-corrected chi connectivity index (χ4v) is 3.16. The SMILES string of the molecule is CCCc1c(C(C)C)nc(C(C)C)c(C=O)c1-c1ccc(F)cc1. The third-order valence-corrected chi connectivity index (χ3v) is 4.24. The molecule has 128 valence electrons. The summed E-state index contributed by atoms with van der Waals surface area (Å²) in [5.41, 5.74) is 5.44. The van der Waals surface area contributed by atoms with Crippen LogP contribution in [0.15, 0.2) is 24.3 Å². The second-order valence-corrected chi connectivity index (χ2v) is 6.83. The highest BCUT2D eigenvalue weighted by atomic mass is 19.1. The van der Waals surface area contributed by atoms with Gasteiger partial charge in [-0.05, 0) is 47.1 Å². The van der Waals surface area contributed by atoms with Gasteiger partial charge in [0.25, 0.3) is 0 Å². The van der Waals surface area contributed by atoms with Gasteiger partial charge in [-0.15, -0.1) is 0 Å². The van der Waals surface area contributed by atoms with E-state index in [0.717, 1.165) is 47.2 Å². The molecular formula is C21H26FNO. The van der Waals surface area contributed by atoms with Crippen LogP contribution >= 0.6 is 0 Å². The molecule has 2 rings (SSSR count). The summed E-state index contributed by atoms with van der Waals surface area (Å²) >= 11 is 0. The lowest BCUT2D eigenvalue weighted by atomic mass is 9.86. The number of halogens is 1. The van der Waals surface area contributed by atoms with Crippen molar-refractivity contribution in [1.82, 2.24) is 4.98 Å². The largest absolute Gasteiger partial charge is 0.298 e. The minimum atomic E-state index is -0.273. The molecule has 0 saturated heterocycles. The number of carbonyl (C=O) groups is 1. The van der Waals surface area contributed by atoms with Crippen LogP contribution in [0.3, 0.4) is 0 Å². The van der Waals surface area contributed by atoms with Gasteiger partial charge in [-0.2, -0.15) is 0 Å². The average molecular weight is 327 g/mol. The van der Waals surface area contributed by atoms with E-state index in [1.165, 1.54) is 12.1 Å². The number of rotatable bonds is 6. The van der Waals surface area contributed by atoms with Crippen LogP contribution in [-0.4, -0.2) is 11.3 Å². The van der Waals surface area contributed by atoms with E-state index in [1.54, 1.807) is 12.1 Å². The lowest BCUT2D eigenvalue weighted by Gasteiger charge is -2.22. The topological polar surface area (TPSA) is 30.0 Å². The molecule has 0 N–H and O–H groups in total. The number of aromatic nitrogens is 1. The Morgan fingerprint density at radius 3 is 2.08 bits per heavy atom. The smallest absolute Gasteiger partial charge is 0.152 e. The van der Waals surface area contributed by atoms with Crippen molar-refractivity contribution in [3.05, 3.63) is 52.6 Å². The lowest BCUT2D eigenvalue weighted by Crippen LogP contribution is -2.12. The molecule has 0 bridgehead atoms. The van der Waals surface area contributed by atoms with Crippen molar-refractivity contribution in [1.29, 1.82) is 0 Å². The number of nitrogens with zero attached hydrogens (tertiary/aromatic N) is 1. The predicted molar refractivity (Wildman–Crippen MR) is 97.2 cm³/mol. The molecule has 0 radical (unpaired) electrons. The second kappa shape index (κ2) is 7.69. The van der Waals surface area contributed by atoms with Crippen molar-refractivity contribution in [2.45, 2.75) is 59.3 Å². The Morgan fingerprint density at radius 2 is 1.62 bits per heavy atom. The Kier molecular flexibility index (Phi) is 5.87. The Morgan fingerprint density at radius 1 is 1.04 bits per heavy atom. The zero-order valence-corrected chi connectivity index (χ0v) is 15.2. The van der Waals surface area contributed by atoms with Gasteiger partial charge in [-0.25, -0.2) is 4.39 Å². The quantitative estimate of drug-likeness (QED) is 0.618. The molecule has 3 heteroatoms. The molecule has 0 amide bonds. The Bertz CT molecular complexity index is 718. The highest BCUT2D eigenvalue weighted by molar-refractivity contribution is 5.91. The van der Waals surface area contributed by atoms with Gasteiger partial charge >= 0.3 is 0 Å². The summed E-state index contributed by atoms with van der Waals surface area (Å²) in [5, 5.41) is 0. The van der Waals surface area contributed by atoms with Crippen LogP contribution in [0.1, 0.15) is 80.2 Å². The van der Waals surface area contributed by atoms with E-state index in [4.69, 9.17) is 4.98 Å². The summed E-state index contributed by atoms with van der Waals surface area (Å²) in [6, 6.07) is 6.41. The molecule has 2 aromatic rings. The number of hydrogen-bond acceptors (Lipinski definition) is 2. The number of aldehydes is 1. The molecular weight excluding hydrogens is 301 g/mol. The van der Waals surface area contributed by atoms with Crippen molar-refractivity contribution in [2.24, 2.45) is 0 Å². The first-order chi connectivity index (χ1) is 11.4. The molecule has 0 aliphatic carbocycles. The van der Waals surface area contributed by atoms with E-state index >= 15 is 0 Å². The maximum atomic E-state index is 13.4. The van der Waals surface area contributed by atoms with E-state index in [2.05, 4.69) is 20.8 Å². The number of benzene rings is 1. The Hall–Kier alpha value is -2.03. The normalized spacial score (nSPS) is 11.3. The first kappa shape index (κ1) is 18.3. The second-order valence-electron chi connectivity index (χ2n) is 6.83. The van der Waals surface area contributed by atoms with Gasteiger partial charge < -0.3 is 0 Å². The van der Waals surface area contributed by atoms with Gasteiger partial charge in [-0.3, -0.25) is 9.78 Å². The minimum Gasteiger partial charge on any atom is -0.298 e. The first-order valence-corrected chi connectivity index (χ1v) is 8.68. The summed E-state index contributed by atoms with van der Waals surface area (Å²) < 4.78 is 13.4. The Balaban J connectivity index is 2.89. The van der Waals surface area contributed by atoms with E-state index in [0.29, 0.717) is 5.56 Å². The third-order valence-electron chi connectivity index (χ3n) is 4.24. The molecule has 1 aromatic heterocycles. The van der Waals surface area contributed by atoms with Crippen molar-refractivity contribution in [2.75, 3.05) is 0 Å². The van der Waals surface area contributed by atoms with E-state index < -0.39 is 0 Å². The van der Waals surface area contributed by atoms with Crippen LogP contribution in [0.25, 0.3) is 11.1 Å². The van der Waals surface area contributed by atoms with Crippen LogP contribution in [-0.2, 0) is 6.42 Å². The monoisotopic (exact) mass is 327 g/mol. The van der Waals surface area contributed by atoms with Crippen molar-refractivity contribution in [3.63, 3.8) is 0 Å². The molecule has 0 spiro atoms. The van der Waals surface area contributed by atoms with Gasteiger partial charge in [0.1, 0.15) is 5.82 Å². The first-order valence-electron chi connectivity index (χ1n) is 8.68. The van der Waals surface area contributed by atoms with E-state index in [-0.39, 0.29) is 17.7 Å². The highest BCUT2D eigenvalue weighted by Crippen LogP contribution is 2.36. The van der Waals surface area contributed by atoms with E-state index in [9.17, 15) is 9.18 Å². The zero-order valence-electron chi connectivity index (χ0n) is 15.2. The standard InChI is InChI=1S/C21H26FNO/c1-6-7-17-19(15-8-10-16(22)11-9-15)18(12-24)21(14(4)5)23-20(17)13(2)3/h8-14H,6-7H2,1-5H3. The van der Waals surface area contributed by atoms with Crippen LogP contribution in [0, 0.1) is 5.82 Å². The van der Waals surface area contributed by atoms with Crippen LogP contribution in [0.2, 0.25) is 0 Å². The third kappa shape index (κ3) is 3.55. The summed E-state index contributed by atoms with van der Waals surface area (Å²) in [4.78, 5) is 16.8. The lowest BCUT2D eigenvalue weighted by molar-refractivity contribution is 0.112. The summed E-state index contributed by atoms with van der Waals surface area (Å²) in [7, 11) is 0. The van der Waals surface area contributed by atoms with Crippen molar-refractivity contribution < 1.29 is 9.18 Å². The van der Waals surface area contributed by atoms with E-state index in [1.807, 2.05) is 13.8 Å². The van der Waals surface area contributed by atoms with Crippen LogP contribution in [0.5, 0.6) is 0 Å². The Labute approximate surface area is 144 Å². The average Bonchev–Trinajstić information content (AvgIpc) is 2.54. The minimum absolute atomic E-state index is 0.151. The fraction of sp³-hybridized carbons (Fsp3) is 0.429. The molecule has 0 fully saturated rings.